The third kappa shape index (κ3) is 4.73. The fraction of sp³-hybridized carbons (Fsp3) is 0.714. The van der Waals surface area contributed by atoms with Gasteiger partial charge in [0.2, 0.25) is 0 Å². The Labute approximate surface area is 132 Å². The first-order chi connectivity index (χ1) is 10.9. The van der Waals surface area contributed by atoms with Crippen LogP contribution in [-0.4, -0.2) is 53.9 Å². The van der Waals surface area contributed by atoms with Crippen LogP contribution in [0.3, 0.4) is 0 Å². The summed E-state index contributed by atoms with van der Waals surface area (Å²) >= 11 is 0. The van der Waals surface area contributed by atoms with Crippen molar-refractivity contribution in [3.63, 3.8) is 0 Å². The maximum atomic E-state index is 11.6. The minimum Gasteiger partial charge on any atom is -0.463 e. The third-order valence-corrected chi connectivity index (χ3v) is 3.43. The number of ether oxygens (including phenoxy) is 3. The van der Waals surface area contributed by atoms with Crippen molar-refractivity contribution in [2.24, 2.45) is 0 Å². The van der Waals surface area contributed by atoms with Crippen LogP contribution in [0.2, 0.25) is 0 Å². The molecule has 2 aliphatic rings. The number of hydroxylamine groups is 2. The predicted octanol–water partition coefficient (Wildman–Crippen LogP) is 0.0669. The second-order valence-corrected chi connectivity index (χ2v) is 5.32. The molecule has 0 N–H and O–H groups in total. The van der Waals surface area contributed by atoms with Gasteiger partial charge >= 0.3 is 11.9 Å². The summed E-state index contributed by atoms with van der Waals surface area (Å²) in [6.07, 6.45) is -1.23. The average Bonchev–Trinajstić information content (AvgIpc) is 2.78. The molecule has 0 saturated carbocycles. The normalized spacial score (nSPS) is 27.9. The number of imide groups is 1. The van der Waals surface area contributed by atoms with Crippen molar-refractivity contribution >= 4 is 23.8 Å². The molecule has 2 fully saturated rings. The van der Waals surface area contributed by atoms with Gasteiger partial charge in [-0.2, -0.15) is 5.06 Å². The third-order valence-electron chi connectivity index (χ3n) is 3.43. The minimum absolute atomic E-state index is 0.110. The fourth-order valence-corrected chi connectivity index (χ4v) is 2.40. The fourth-order valence-electron chi connectivity index (χ4n) is 2.40. The van der Waals surface area contributed by atoms with Crippen molar-refractivity contribution in [1.82, 2.24) is 5.06 Å². The summed E-state index contributed by atoms with van der Waals surface area (Å²) in [5.41, 5.74) is 0. The zero-order chi connectivity index (χ0) is 17.0. The molecule has 23 heavy (non-hydrogen) atoms. The molecule has 0 aromatic heterocycles. The molecule has 9 nitrogen and oxygen atoms in total. The second kappa shape index (κ2) is 7.51. The topological polar surface area (TPSA) is 108 Å². The summed E-state index contributed by atoms with van der Waals surface area (Å²) in [7, 11) is 0. The highest BCUT2D eigenvalue weighted by Crippen LogP contribution is 2.26. The van der Waals surface area contributed by atoms with E-state index in [0.717, 1.165) is 0 Å². The zero-order valence-corrected chi connectivity index (χ0v) is 13.0. The van der Waals surface area contributed by atoms with Crippen molar-refractivity contribution in [2.75, 3.05) is 6.61 Å². The average molecular weight is 329 g/mol. The maximum Gasteiger partial charge on any atom is 0.302 e. The number of hydrogen-bond donors (Lipinski definition) is 0. The first-order valence-corrected chi connectivity index (χ1v) is 7.35. The molecule has 128 valence electrons. The van der Waals surface area contributed by atoms with E-state index in [2.05, 4.69) is 0 Å². The highest BCUT2D eigenvalue weighted by molar-refractivity contribution is 6.00. The lowest BCUT2D eigenvalue weighted by Crippen LogP contribution is -2.47. The van der Waals surface area contributed by atoms with E-state index in [1.165, 1.54) is 13.8 Å². The van der Waals surface area contributed by atoms with Gasteiger partial charge in [0.05, 0.1) is 0 Å². The summed E-state index contributed by atoms with van der Waals surface area (Å²) in [6.45, 7) is 2.40. The van der Waals surface area contributed by atoms with E-state index >= 15 is 0 Å². The van der Waals surface area contributed by atoms with Gasteiger partial charge in [-0.15, -0.1) is 0 Å². The van der Waals surface area contributed by atoms with Crippen LogP contribution in [0.15, 0.2) is 0 Å². The molecule has 0 aliphatic carbocycles. The molecule has 0 unspecified atom stereocenters. The summed E-state index contributed by atoms with van der Waals surface area (Å²) in [5.74, 6) is -1.81. The summed E-state index contributed by atoms with van der Waals surface area (Å²) in [5, 5.41) is 0.708. The van der Waals surface area contributed by atoms with Crippen LogP contribution in [0.25, 0.3) is 0 Å². The van der Waals surface area contributed by atoms with Crippen LogP contribution in [0.5, 0.6) is 0 Å². The number of nitrogens with zero attached hydrogens (tertiary/aromatic N) is 1. The van der Waals surface area contributed by atoms with E-state index in [-0.39, 0.29) is 19.4 Å². The monoisotopic (exact) mass is 329 g/mol. The molecule has 2 saturated heterocycles. The lowest BCUT2D eigenvalue weighted by Gasteiger charge is -2.35. The molecule has 0 aromatic carbocycles. The summed E-state index contributed by atoms with van der Waals surface area (Å²) < 4.78 is 15.6. The lowest BCUT2D eigenvalue weighted by molar-refractivity contribution is -0.297. The van der Waals surface area contributed by atoms with Crippen molar-refractivity contribution in [3.05, 3.63) is 0 Å². The molecule has 9 heteroatoms. The van der Waals surface area contributed by atoms with Gasteiger partial charge in [0.25, 0.3) is 11.8 Å². The molecule has 2 aliphatic heterocycles. The Hall–Kier alpha value is -2.00. The summed E-state index contributed by atoms with van der Waals surface area (Å²) in [4.78, 5) is 50.5. The van der Waals surface area contributed by atoms with Crippen LogP contribution in [0.4, 0.5) is 0 Å². The number of carbonyl (C=O) groups excluding carboxylic acids is 4. The Balaban J connectivity index is 1.96. The molecule has 0 aromatic rings. The van der Waals surface area contributed by atoms with Gasteiger partial charge in [0.1, 0.15) is 18.8 Å². The first kappa shape index (κ1) is 17.4. The standard InChI is InChI=1S/C14H19NO8/c1-8(16)20-7-11-10(21-9(2)17)3-6-14(22-11)23-15-12(18)4-5-13(15)19/h10-11,14H,3-7H2,1-2H3/t10-,11+,14+/m0/s1. The summed E-state index contributed by atoms with van der Waals surface area (Å²) in [6, 6.07) is 0. The molecule has 3 atom stereocenters. The molecule has 0 radical (unpaired) electrons. The van der Waals surface area contributed by atoms with E-state index < -0.39 is 42.3 Å². The first-order valence-electron chi connectivity index (χ1n) is 7.35. The van der Waals surface area contributed by atoms with E-state index in [1.807, 2.05) is 0 Å². The SMILES string of the molecule is CC(=O)OC[C@H]1O[C@H](ON2C(=O)CCC2=O)CC[C@@H]1OC(C)=O. The van der Waals surface area contributed by atoms with Crippen molar-refractivity contribution in [3.8, 4) is 0 Å². The zero-order valence-electron chi connectivity index (χ0n) is 13.0. The van der Waals surface area contributed by atoms with Crippen LogP contribution < -0.4 is 0 Å². The smallest absolute Gasteiger partial charge is 0.302 e. The van der Waals surface area contributed by atoms with Crippen LogP contribution in [0, 0.1) is 0 Å². The molecule has 0 bridgehead atoms. The van der Waals surface area contributed by atoms with E-state index in [0.29, 0.717) is 17.9 Å². The highest BCUT2D eigenvalue weighted by Gasteiger charge is 2.39. The number of carbonyl (C=O) groups is 4. The minimum atomic E-state index is -0.853. The quantitative estimate of drug-likeness (QED) is 0.515. The van der Waals surface area contributed by atoms with Gasteiger partial charge in [-0.05, 0) is 6.42 Å². The molecule has 0 spiro atoms. The highest BCUT2D eigenvalue weighted by atomic mass is 16.8. The molecular formula is C14H19NO8. The Bertz CT molecular complexity index is 489. The van der Waals surface area contributed by atoms with E-state index in [9.17, 15) is 19.2 Å². The lowest BCUT2D eigenvalue weighted by atomic mass is 10.1. The van der Waals surface area contributed by atoms with Crippen molar-refractivity contribution < 1.29 is 38.2 Å². The number of esters is 2. The Morgan fingerprint density at radius 2 is 1.78 bits per heavy atom. The Kier molecular flexibility index (Phi) is 5.67. The van der Waals surface area contributed by atoms with Gasteiger partial charge in [-0.3, -0.25) is 19.2 Å². The number of amides is 2. The molecule has 2 heterocycles. The van der Waals surface area contributed by atoms with Crippen LogP contribution in [0.1, 0.15) is 39.5 Å². The predicted molar refractivity (Wildman–Crippen MR) is 72.3 cm³/mol. The van der Waals surface area contributed by atoms with Gasteiger partial charge in [-0.25, -0.2) is 4.84 Å². The van der Waals surface area contributed by atoms with E-state index in [1.54, 1.807) is 0 Å². The number of hydrogen-bond acceptors (Lipinski definition) is 8. The van der Waals surface area contributed by atoms with Crippen LogP contribution in [-0.2, 0) is 38.2 Å². The Morgan fingerprint density at radius 1 is 1.13 bits per heavy atom. The molecular weight excluding hydrogens is 310 g/mol. The number of rotatable bonds is 5. The van der Waals surface area contributed by atoms with Gasteiger partial charge < -0.3 is 14.2 Å². The van der Waals surface area contributed by atoms with Crippen LogP contribution >= 0.6 is 0 Å². The van der Waals surface area contributed by atoms with Crippen molar-refractivity contribution in [1.29, 1.82) is 0 Å². The second-order valence-electron chi connectivity index (χ2n) is 5.32. The van der Waals surface area contributed by atoms with E-state index in [4.69, 9.17) is 19.0 Å². The Morgan fingerprint density at radius 3 is 2.35 bits per heavy atom. The largest absolute Gasteiger partial charge is 0.463 e. The van der Waals surface area contributed by atoms with Gasteiger partial charge in [-0.1, -0.05) is 0 Å². The molecule has 2 amide bonds. The van der Waals surface area contributed by atoms with Gasteiger partial charge in [0.15, 0.2) is 6.29 Å². The van der Waals surface area contributed by atoms with Gasteiger partial charge in [0, 0.05) is 33.1 Å². The van der Waals surface area contributed by atoms with Crippen molar-refractivity contribution in [2.45, 2.75) is 58.0 Å². The maximum absolute atomic E-state index is 11.6. The molecule has 2 rings (SSSR count).